The molecule has 1 atom stereocenters. The van der Waals surface area contributed by atoms with Crippen molar-refractivity contribution < 1.29 is 4.79 Å². The van der Waals surface area contributed by atoms with Crippen molar-refractivity contribution in [2.45, 2.75) is 19.3 Å². The number of anilines is 1. The molecule has 0 aliphatic rings. The molecule has 0 unspecified atom stereocenters. The normalized spacial score (nSPS) is 11.9. The Morgan fingerprint density at radius 1 is 1.10 bits per heavy atom. The van der Waals surface area contributed by atoms with E-state index in [0.29, 0.717) is 6.42 Å². The molecule has 0 amide bonds. The van der Waals surface area contributed by atoms with E-state index in [2.05, 4.69) is 42.2 Å². The Hall–Kier alpha value is -2.09. The predicted molar refractivity (Wildman–Crippen MR) is 84.5 cm³/mol. The molecule has 0 aromatic heterocycles. The molecule has 2 heteroatoms. The fourth-order valence-corrected chi connectivity index (χ4v) is 2.55. The Labute approximate surface area is 121 Å². The highest BCUT2D eigenvalue weighted by molar-refractivity contribution is 5.57. The SMILES string of the molecule is Cc1cc(N(C)C)ccc1[C@@H](CC=O)c1ccccc1. The summed E-state index contributed by atoms with van der Waals surface area (Å²) >= 11 is 0. The summed E-state index contributed by atoms with van der Waals surface area (Å²) in [4.78, 5) is 13.1. The first kappa shape index (κ1) is 14.3. The minimum atomic E-state index is 0.143. The van der Waals surface area contributed by atoms with E-state index in [1.54, 1.807) is 0 Å². The standard InChI is InChI=1S/C18H21NO/c1-14-13-16(19(2)3)9-10-17(14)18(11-12-20)15-7-5-4-6-8-15/h4-10,12-13,18H,11H2,1-3H3/t18-/m0/s1. The Balaban J connectivity index is 2.42. The van der Waals surface area contributed by atoms with E-state index < -0.39 is 0 Å². The van der Waals surface area contributed by atoms with Crippen LogP contribution in [0.15, 0.2) is 48.5 Å². The average Bonchev–Trinajstić information content (AvgIpc) is 2.46. The lowest BCUT2D eigenvalue weighted by Gasteiger charge is -2.20. The van der Waals surface area contributed by atoms with E-state index in [4.69, 9.17) is 0 Å². The fourth-order valence-electron chi connectivity index (χ4n) is 2.55. The third kappa shape index (κ3) is 3.08. The first-order valence-electron chi connectivity index (χ1n) is 6.90. The Morgan fingerprint density at radius 3 is 2.35 bits per heavy atom. The van der Waals surface area contributed by atoms with Crippen molar-refractivity contribution in [3.8, 4) is 0 Å². The molecule has 0 bridgehead atoms. The first-order chi connectivity index (χ1) is 9.63. The summed E-state index contributed by atoms with van der Waals surface area (Å²) in [5.41, 5.74) is 4.84. The molecular formula is C18H21NO. The second-order valence-corrected chi connectivity index (χ2v) is 5.30. The molecule has 0 fully saturated rings. The van der Waals surface area contributed by atoms with Crippen molar-refractivity contribution in [1.29, 1.82) is 0 Å². The summed E-state index contributed by atoms with van der Waals surface area (Å²) in [6.45, 7) is 2.11. The van der Waals surface area contributed by atoms with Crippen molar-refractivity contribution in [1.82, 2.24) is 0 Å². The maximum atomic E-state index is 11.0. The van der Waals surface area contributed by atoms with Gasteiger partial charge in [-0.05, 0) is 35.7 Å². The van der Waals surface area contributed by atoms with Gasteiger partial charge in [-0.1, -0.05) is 36.4 Å². The number of rotatable bonds is 5. The summed E-state index contributed by atoms with van der Waals surface area (Å²) < 4.78 is 0. The lowest BCUT2D eigenvalue weighted by atomic mass is 9.86. The van der Waals surface area contributed by atoms with Gasteiger partial charge in [0.05, 0.1) is 0 Å². The number of hydrogen-bond donors (Lipinski definition) is 0. The lowest BCUT2D eigenvalue weighted by molar-refractivity contribution is -0.108. The Morgan fingerprint density at radius 2 is 1.80 bits per heavy atom. The topological polar surface area (TPSA) is 20.3 Å². The van der Waals surface area contributed by atoms with E-state index >= 15 is 0 Å². The minimum Gasteiger partial charge on any atom is -0.378 e. The van der Waals surface area contributed by atoms with Crippen LogP contribution in [0, 0.1) is 6.92 Å². The fraction of sp³-hybridized carbons (Fsp3) is 0.278. The van der Waals surface area contributed by atoms with Gasteiger partial charge in [-0.2, -0.15) is 0 Å². The highest BCUT2D eigenvalue weighted by Gasteiger charge is 2.16. The third-order valence-corrected chi connectivity index (χ3v) is 3.68. The summed E-state index contributed by atoms with van der Waals surface area (Å²) in [6.07, 6.45) is 1.53. The van der Waals surface area contributed by atoms with Gasteiger partial charge >= 0.3 is 0 Å². The second-order valence-electron chi connectivity index (χ2n) is 5.30. The maximum absolute atomic E-state index is 11.0. The second kappa shape index (κ2) is 6.38. The molecule has 0 saturated heterocycles. The number of carbonyl (C=O) groups excluding carboxylic acids is 1. The van der Waals surface area contributed by atoms with E-state index in [9.17, 15) is 4.79 Å². The van der Waals surface area contributed by atoms with Crippen LogP contribution in [-0.4, -0.2) is 20.4 Å². The van der Waals surface area contributed by atoms with Gasteiger partial charge in [-0.15, -0.1) is 0 Å². The molecule has 0 radical (unpaired) electrons. The average molecular weight is 267 g/mol. The van der Waals surface area contributed by atoms with Gasteiger partial charge in [0.25, 0.3) is 0 Å². The van der Waals surface area contributed by atoms with Crippen LogP contribution in [0.2, 0.25) is 0 Å². The molecule has 2 aromatic rings. The molecule has 0 aliphatic heterocycles. The van der Waals surface area contributed by atoms with E-state index in [1.807, 2.05) is 32.3 Å². The largest absolute Gasteiger partial charge is 0.378 e. The molecule has 0 heterocycles. The number of aryl methyl sites for hydroxylation is 1. The van der Waals surface area contributed by atoms with Crippen LogP contribution in [0.5, 0.6) is 0 Å². The third-order valence-electron chi connectivity index (χ3n) is 3.68. The molecule has 0 saturated carbocycles. The molecule has 2 nitrogen and oxygen atoms in total. The molecule has 20 heavy (non-hydrogen) atoms. The van der Waals surface area contributed by atoms with E-state index in [0.717, 1.165) is 6.29 Å². The van der Waals surface area contributed by atoms with Crippen LogP contribution in [0.1, 0.15) is 29.0 Å². The zero-order valence-electron chi connectivity index (χ0n) is 12.3. The summed E-state index contributed by atoms with van der Waals surface area (Å²) in [5, 5.41) is 0. The van der Waals surface area contributed by atoms with Crippen molar-refractivity contribution in [2.24, 2.45) is 0 Å². The molecule has 2 aromatic carbocycles. The smallest absolute Gasteiger partial charge is 0.120 e. The van der Waals surface area contributed by atoms with Gasteiger partial charge in [0.15, 0.2) is 0 Å². The molecule has 0 N–H and O–H groups in total. The Kier molecular flexibility index (Phi) is 4.57. The van der Waals surface area contributed by atoms with Gasteiger partial charge in [-0.25, -0.2) is 0 Å². The first-order valence-corrected chi connectivity index (χ1v) is 6.90. The summed E-state index contributed by atoms with van der Waals surface area (Å²) in [5.74, 6) is 0.143. The number of benzene rings is 2. The monoisotopic (exact) mass is 267 g/mol. The highest BCUT2D eigenvalue weighted by atomic mass is 16.1. The predicted octanol–water partition coefficient (Wildman–Crippen LogP) is 3.78. The zero-order valence-corrected chi connectivity index (χ0v) is 12.3. The number of carbonyl (C=O) groups is 1. The van der Waals surface area contributed by atoms with E-state index in [-0.39, 0.29) is 5.92 Å². The number of hydrogen-bond acceptors (Lipinski definition) is 2. The maximum Gasteiger partial charge on any atom is 0.120 e. The summed E-state index contributed by atoms with van der Waals surface area (Å²) in [6, 6.07) is 16.7. The van der Waals surface area contributed by atoms with Crippen LogP contribution in [0.4, 0.5) is 5.69 Å². The summed E-state index contributed by atoms with van der Waals surface area (Å²) in [7, 11) is 4.07. The van der Waals surface area contributed by atoms with Crippen molar-refractivity contribution in [2.75, 3.05) is 19.0 Å². The van der Waals surface area contributed by atoms with E-state index in [1.165, 1.54) is 22.4 Å². The molecular weight excluding hydrogens is 246 g/mol. The molecule has 2 rings (SSSR count). The highest BCUT2D eigenvalue weighted by Crippen LogP contribution is 2.31. The zero-order chi connectivity index (χ0) is 14.5. The van der Waals surface area contributed by atoms with Crippen LogP contribution in [0.3, 0.4) is 0 Å². The molecule has 104 valence electrons. The van der Waals surface area contributed by atoms with Crippen molar-refractivity contribution >= 4 is 12.0 Å². The molecule has 0 spiro atoms. The Bertz CT molecular complexity index is 575. The van der Waals surface area contributed by atoms with Crippen molar-refractivity contribution in [3.63, 3.8) is 0 Å². The van der Waals surface area contributed by atoms with Gasteiger partial charge in [-0.3, -0.25) is 0 Å². The molecule has 0 aliphatic carbocycles. The van der Waals surface area contributed by atoms with Crippen LogP contribution < -0.4 is 4.90 Å². The number of aldehydes is 1. The van der Waals surface area contributed by atoms with Gasteiger partial charge in [0.2, 0.25) is 0 Å². The quantitative estimate of drug-likeness (QED) is 0.768. The van der Waals surface area contributed by atoms with Gasteiger partial charge in [0.1, 0.15) is 6.29 Å². The number of nitrogens with zero attached hydrogens (tertiary/aromatic N) is 1. The lowest BCUT2D eigenvalue weighted by Crippen LogP contribution is -2.10. The minimum absolute atomic E-state index is 0.143. The van der Waals surface area contributed by atoms with Crippen LogP contribution in [0.25, 0.3) is 0 Å². The van der Waals surface area contributed by atoms with Crippen molar-refractivity contribution in [3.05, 3.63) is 65.2 Å². The van der Waals surface area contributed by atoms with Crippen LogP contribution >= 0.6 is 0 Å². The van der Waals surface area contributed by atoms with Gasteiger partial charge in [0, 0.05) is 32.1 Å². The van der Waals surface area contributed by atoms with Crippen LogP contribution in [-0.2, 0) is 4.79 Å². The van der Waals surface area contributed by atoms with Gasteiger partial charge < -0.3 is 9.69 Å².